The van der Waals surface area contributed by atoms with Gasteiger partial charge in [-0.15, -0.1) is 0 Å². The van der Waals surface area contributed by atoms with E-state index in [1.54, 1.807) is 14.0 Å². The number of rotatable bonds is 8. The van der Waals surface area contributed by atoms with Crippen LogP contribution in [-0.4, -0.2) is 51.2 Å². The molecule has 94 valence electrons. The Hall–Kier alpha value is -1.14. The number of hydrogen-bond acceptors (Lipinski definition) is 4. The third-order valence-corrected chi connectivity index (χ3v) is 1.89. The summed E-state index contributed by atoms with van der Waals surface area (Å²) >= 11 is 0. The highest BCUT2D eigenvalue weighted by molar-refractivity contribution is 5.87. The Balaban J connectivity index is 3.65. The first kappa shape index (κ1) is 14.9. The summed E-state index contributed by atoms with van der Waals surface area (Å²) < 4.78 is 4.82. The summed E-state index contributed by atoms with van der Waals surface area (Å²) in [7, 11) is 1.60. The maximum Gasteiger partial charge on any atom is 0.242 e. The highest BCUT2D eigenvalue weighted by Crippen LogP contribution is 1.81. The van der Waals surface area contributed by atoms with Crippen LogP contribution in [-0.2, 0) is 14.3 Å². The van der Waals surface area contributed by atoms with Crippen molar-refractivity contribution in [1.29, 1.82) is 0 Å². The van der Waals surface area contributed by atoms with Gasteiger partial charge in [0.25, 0.3) is 0 Å². The average Bonchev–Trinajstić information content (AvgIpc) is 2.24. The maximum atomic E-state index is 11.3. The van der Waals surface area contributed by atoms with E-state index in [1.807, 2.05) is 6.92 Å². The Morgan fingerprint density at radius 1 is 1.38 bits per heavy atom. The lowest BCUT2D eigenvalue weighted by Gasteiger charge is -2.13. The molecule has 0 aliphatic rings. The van der Waals surface area contributed by atoms with Gasteiger partial charge >= 0.3 is 0 Å². The molecule has 0 aromatic heterocycles. The van der Waals surface area contributed by atoms with E-state index >= 15 is 0 Å². The van der Waals surface area contributed by atoms with Gasteiger partial charge < -0.3 is 20.7 Å². The molecule has 0 aliphatic heterocycles. The minimum Gasteiger partial charge on any atom is -0.383 e. The number of nitrogens with one attached hydrogen (secondary N) is 3. The molecule has 0 bridgehead atoms. The Labute approximate surface area is 96.1 Å². The van der Waals surface area contributed by atoms with E-state index in [0.717, 1.165) is 0 Å². The molecule has 0 aromatic carbocycles. The summed E-state index contributed by atoms with van der Waals surface area (Å²) in [6.45, 7) is 5.40. The summed E-state index contributed by atoms with van der Waals surface area (Å²) in [4.78, 5) is 22.6. The molecule has 6 heteroatoms. The largest absolute Gasteiger partial charge is 0.383 e. The molecule has 0 aromatic rings. The lowest BCUT2D eigenvalue weighted by atomic mass is 10.3. The molecule has 0 saturated carbocycles. The SMILES string of the molecule is CCNC(=O)C(C)NC(=O)CNCCOC. The van der Waals surface area contributed by atoms with Crippen LogP contribution in [0.5, 0.6) is 0 Å². The van der Waals surface area contributed by atoms with Crippen molar-refractivity contribution in [3.63, 3.8) is 0 Å². The number of carbonyl (C=O) groups excluding carboxylic acids is 2. The fraction of sp³-hybridized carbons (Fsp3) is 0.800. The van der Waals surface area contributed by atoms with E-state index in [1.165, 1.54) is 0 Å². The predicted molar refractivity (Wildman–Crippen MR) is 61.0 cm³/mol. The number of carbonyl (C=O) groups is 2. The smallest absolute Gasteiger partial charge is 0.242 e. The summed E-state index contributed by atoms with van der Waals surface area (Å²) in [5.41, 5.74) is 0. The molecule has 0 radical (unpaired) electrons. The summed E-state index contributed by atoms with van der Waals surface area (Å²) in [6.07, 6.45) is 0. The minimum absolute atomic E-state index is 0.173. The van der Waals surface area contributed by atoms with Crippen LogP contribution in [0, 0.1) is 0 Å². The molecule has 1 unspecified atom stereocenters. The fourth-order valence-electron chi connectivity index (χ4n) is 1.06. The van der Waals surface area contributed by atoms with E-state index in [4.69, 9.17) is 4.74 Å². The summed E-state index contributed by atoms with van der Waals surface area (Å²) in [5, 5.41) is 8.11. The van der Waals surface area contributed by atoms with Gasteiger partial charge in [0.1, 0.15) is 6.04 Å². The molecule has 6 nitrogen and oxygen atoms in total. The van der Waals surface area contributed by atoms with Crippen molar-refractivity contribution in [2.24, 2.45) is 0 Å². The second kappa shape index (κ2) is 9.11. The molecule has 0 spiro atoms. The molecule has 0 saturated heterocycles. The summed E-state index contributed by atoms with van der Waals surface area (Å²) in [5.74, 6) is -0.373. The maximum absolute atomic E-state index is 11.3. The zero-order valence-electron chi connectivity index (χ0n) is 10.1. The van der Waals surface area contributed by atoms with Crippen molar-refractivity contribution in [1.82, 2.24) is 16.0 Å². The van der Waals surface area contributed by atoms with E-state index in [0.29, 0.717) is 19.7 Å². The minimum atomic E-state index is -0.503. The van der Waals surface area contributed by atoms with Gasteiger partial charge in [-0.2, -0.15) is 0 Å². The highest BCUT2D eigenvalue weighted by Gasteiger charge is 2.13. The van der Waals surface area contributed by atoms with Crippen LogP contribution in [0.1, 0.15) is 13.8 Å². The van der Waals surface area contributed by atoms with Gasteiger partial charge in [0.15, 0.2) is 0 Å². The zero-order chi connectivity index (χ0) is 12.4. The van der Waals surface area contributed by atoms with E-state index < -0.39 is 6.04 Å². The molecule has 3 N–H and O–H groups in total. The van der Waals surface area contributed by atoms with Crippen LogP contribution < -0.4 is 16.0 Å². The van der Waals surface area contributed by atoms with Gasteiger partial charge in [-0.05, 0) is 13.8 Å². The fourth-order valence-corrected chi connectivity index (χ4v) is 1.06. The van der Waals surface area contributed by atoms with Gasteiger partial charge in [-0.3, -0.25) is 9.59 Å². The van der Waals surface area contributed by atoms with E-state index in [-0.39, 0.29) is 18.4 Å². The Morgan fingerprint density at radius 2 is 2.06 bits per heavy atom. The van der Waals surface area contributed by atoms with Crippen molar-refractivity contribution in [2.75, 3.05) is 33.4 Å². The Bertz CT molecular complexity index is 221. The number of methoxy groups -OCH3 is 1. The summed E-state index contributed by atoms with van der Waals surface area (Å²) in [6, 6.07) is -0.503. The Kier molecular flexibility index (Phi) is 8.46. The molecule has 2 amide bonds. The van der Waals surface area contributed by atoms with Gasteiger partial charge in [0.2, 0.25) is 11.8 Å². The molecule has 0 aliphatic carbocycles. The second-order valence-electron chi connectivity index (χ2n) is 3.35. The van der Waals surface area contributed by atoms with Crippen LogP contribution in [0.15, 0.2) is 0 Å². The molecule has 0 rings (SSSR count). The van der Waals surface area contributed by atoms with Crippen molar-refractivity contribution < 1.29 is 14.3 Å². The van der Waals surface area contributed by atoms with Crippen LogP contribution in [0.2, 0.25) is 0 Å². The van der Waals surface area contributed by atoms with Crippen LogP contribution in [0.25, 0.3) is 0 Å². The van der Waals surface area contributed by atoms with Crippen LogP contribution in [0.3, 0.4) is 0 Å². The Morgan fingerprint density at radius 3 is 2.62 bits per heavy atom. The quantitative estimate of drug-likeness (QED) is 0.462. The van der Waals surface area contributed by atoms with Crippen molar-refractivity contribution in [2.45, 2.75) is 19.9 Å². The van der Waals surface area contributed by atoms with Gasteiger partial charge in [0, 0.05) is 20.2 Å². The number of hydrogen-bond donors (Lipinski definition) is 3. The molecule has 0 fully saturated rings. The first-order valence-electron chi connectivity index (χ1n) is 5.38. The van der Waals surface area contributed by atoms with Gasteiger partial charge in [-0.25, -0.2) is 0 Å². The molecular weight excluding hydrogens is 210 g/mol. The number of likely N-dealkylation sites (N-methyl/N-ethyl adjacent to an activating group) is 1. The number of ether oxygens (including phenoxy) is 1. The third kappa shape index (κ3) is 7.19. The van der Waals surface area contributed by atoms with Crippen LogP contribution >= 0.6 is 0 Å². The van der Waals surface area contributed by atoms with E-state index in [9.17, 15) is 9.59 Å². The van der Waals surface area contributed by atoms with E-state index in [2.05, 4.69) is 16.0 Å². The predicted octanol–water partition coefficient (Wildman–Crippen LogP) is -1.14. The zero-order valence-corrected chi connectivity index (χ0v) is 10.1. The van der Waals surface area contributed by atoms with Gasteiger partial charge in [-0.1, -0.05) is 0 Å². The topological polar surface area (TPSA) is 79.5 Å². The molecule has 1 atom stereocenters. The standard InChI is InChI=1S/C10H21N3O3/c1-4-12-10(15)8(2)13-9(14)7-11-5-6-16-3/h8,11H,4-7H2,1-3H3,(H,12,15)(H,13,14). The van der Waals surface area contributed by atoms with Crippen molar-refractivity contribution in [3.05, 3.63) is 0 Å². The van der Waals surface area contributed by atoms with Crippen LogP contribution in [0.4, 0.5) is 0 Å². The average molecular weight is 231 g/mol. The normalized spacial score (nSPS) is 11.9. The molecule has 16 heavy (non-hydrogen) atoms. The monoisotopic (exact) mass is 231 g/mol. The first-order valence-corrected chi connectivity index (χ1v) is 5.38. The third-order valence-electron chi connectivity index (χ3n) is 1.89. The lowest BCUT2D eigenvalue weighted by Crippen LogP contribution is -2.47. The second-order valence-corrected chi connectivity index (χ2v) is 3.35. The first-order chi connectivity index (χ1) is 7.61. The molecular formula is C10H21N3O3. The molecule has 0 heterocycles. The van der Waals surface area contributed by atoms with Crippen molar-refractivity contribution >= 4 is 11.8 Å². The lowest BCUT2D eigenvalue weighted by molar-refractivity contribution is -0.128. The highest BCUT2D eigenvalue weighted by atomic mass is 16.5. The number of amides is 2. The van der Waals surface area contributed by atoms with Gasteiger partial charge in [0.05, 0.1) is 13.2 Å². The van der Waals surface area contributed by atoms with Crippen molar-refractivity contribution in [3.8, 4) is 0 Å².